The Morgan fingerprint density at radius 3 is 2.22 bits per heavy atom. The Kier molecular flexibility index (Phi) is 6.41. The van der Waals surface area contributed by atoms with Crippen LogP contribution in [0.1, 0.15) is 6.92 Å². The van der Waals surface area contributed by atoms with Gasteiger partial charge in [0.25, 0.3) is 0 Å². The van der Waals surface area contributed by atoms with Crippen LogP contribution in [0.4, 0.5) is 0 Å². The van der Waals surface area contributed by atoms with Gasteiger partial charge in [-0.05, 0) is 45.3 Å². The van der Waals surface area contributed by atoms with Crippen molar-refractivity contribution in [2.45, 2.75) is 11.8 Å². The van der Waals surface area contributed by atoms with Gasteiger partial charge in [-0.1, -0.05) is 0 Å². The molecule has 1 saturated heterocycles. The molecule has 130 valence electrons. The quantitative estimate of drug-likeness (QED) is 0.739. The second-order valence-electron chi connectivity index (χ2n) is 5.95. The molecule has 1 aliphatic rings. The molecule has 6 nitrogen and oxygen atoms in total. The fourth-order valence-electron chi connectivity index (χ4n) is 2.56. The molecule has 0 amide bonds. The molecule has 0 aromatic heterocycles. The second-order valence-corrected chi connectivity index (χ2v) is 7.89. The zero-order valence-electron chi connectivity index (χ0n) is 14.2. The van der Waals surface area contributed by atoms with Crippen molar-refractivity contribution in [1.29, 1.82) is 0 Å². The summed E-state index contributed by atoms with van der Waals surface area (Å²) < 4.78 is 32.3. The molecule has 23 heavy (non-hydrogen) atoms. The summed E-state index contributed by atoms with van der Waals surface area (Å²) in [6.45, 7) is 7.09. The summed E-state index contributed by atoms with van der Waals surface area (Å²) >= 11 is 0. The van der Waals surface area contributed by atoms with E-state index < -0.39 is 10.0 Å². The van der Waals surface area contributed by atoms with Crippen molar-refractivity contribution in [3.63, 3.8) is 0 Å². The van der Waals surface area contributed by atoms with Gasteiger partial charge in [0.2, 0.25) is 10.0 Å². The molecule has 2 rings (SSSR count). The fraction of sp³-hybridized carbons (Fsp3) is 0.625. The van der Waals surface area contributed by atoms with Crippen LogP contribution >= 0.6 is 0 Å². The lowest BCUT2D eigenvalue weighted by molar-refractivity contribution is 0.174. The first kappa shape index (κ1) is 18.2. The van der Waals surface area contributed by atoms with Crippen molar-refractivity contribution < 1.29 is 13.2 Å². The van der Waals surface area contributed by atoms with E-state index in [1.807, 2.05) is 21.0 Å². The van der Waals surface area contributed by atoms with Crippen molar-refractivity contribution in [2.75, 3.05) is 60.0 Å². The second kappa shape index (κ2) is 8.10. The van der Waals surface area contributed by atoms with E-state index in [1.165, 1.54) is 0 Å². The Hall–Kier alpha value is -1.15. The molecule has 0 saturated carbocycles. The smallest absolute Gasteiger partial charge is 0.243 e. The maximum absolute atomic E-state index is 12.7. The standard InChI is InChI=1S/C16H27N3O3S/c1-4-22-15-5-7-16(8-6-15)23(20,21)19-13-11-18(12-14-19)10-9-17(2)3/h5-8H,4,9-14H2,1-3H3. The summed E-state index contributed by atoms with van der Waals surface area (Å²) in [5, 5.41) is 0. The van der Waals surface area contributed by atoms with Crippen molar-refractivity contribution in [3.8, 4) is 5.75 Å². The van der Waals surface area contributed by atoms with Crippen molar-refractivity contribution in [2.24, 2.45) is 0 Å². The molecule has 0 radical (unpaired) electrons. The average molecular weight is 341 g/mol. The van der Waals surface area contributed by atoms with E-state index in [9.17, 15) is 8.42 Å². The molecule has 0 unspecified atom stereocenters. The molecule has 0 atom stereocenters. The van der Waals surface area contributed by atoms with Gasteiger partial charge < -0.3 is 9.64 Å². The van der Waals surface area contributed by atoms with E-state index in [4.69, 9.17) is 4.74 Å². The molecule has 0 N–H and O–H groups in total. The van der Waals surface area contributed by atoms with Crippen molar-refractivity contribution in [3.05, 3.63) is 24.3 Å². The highest BCUT2D eigenvalue weighted by Crippen LogP contribution is 2.20. The van der Waals surface area contributed by atoms with Crippen LogP contribution in [-0.2, 0) is 10.0 Å². The molecule has 1 aromatic carbocycles. The van der Waals surface area contributed by atoms with Crippen LogP contribution in [0.3, 0.4) is 0 Å². The van der Waals surface area contributed by atoms with Crippen LogP contribution in [0.25, 0.3) is 0 Å². The minimum Gasteiger partial charge on any atom is -0.494 e. The normalized spacial score (nSPS) is 17.6. The number of hydrogen-bond donors (Lipinski definition) is 0. The van der Waals surface area contributed by atoms with Gasteiger partial charge in [0.05, 0.1) is 11.5 Å². The zero-order chi connectivity index (χ0) is 16.9. The highest BCUT2D eigenvalue weighted by atomic mass is 32.2. The summed E-state index contributed by atoms with van der Waals surface area (Å²) in [5.41, 5.74) is 0. The van der Waals surface area contributed by atoms with E-state index in [0.29, 0.717) is 30.3 Å². The van der Waals surface area contributed by atoms with Crippen LogP contribution in [0.2, 0.25) is 0 Å². The van der Waals surface area contributed by atoms with Crippen molar-refractivity contribution >= 4 is 10.0 Å². The minimum absolute atomic E-state index is 0.336. The molecule has 0 spiro atoms. The molecule has 1 aliphatic heterocycles. The Bertz CT molecular complexity index is 579. The maximum Gasteiger partial charge on any atom is 0.243 e. The van der Waals surface area contributed by atoms with E-state index in [0.717, 1.165) is 26.2 Å². The third kappa shape index (κ3) is 4.91. The monoisotopic (exact) mass is 341 g/mol. The average Bonchev–Trinajstić information content (AvgIpc) is 2.54. The SMILES string of the molecule is CCOc1ccc(S(=O)(=O)N2CCN(CCN(C)C)CC2)cc1. The molecule has 1 aromatic rings. The minimum atomic E-state index is -3.41. The Morgan fingerprint density at radius 2 is 1.70 bits per heavy atom. The topological polar surface area (TPSA) is 53.1 Å². The van der Waals surface area contributed by atoms with E-state index in [-0.39, 0.29) is 0 Å². The van der Waals surface area contributed by atoms with Gasteiger partial charge in [-0.3, -0.25) is 4.90 Å². The summed E-state index contributed by atoms with van der Waals surface area (Å²) in [7, 11) is 0.689. The van der Waals surface area contributed by atoms with Gasteiger partial charge in [-0.2, -0.15) is 4.31 Å². The van der Waals surface area contributed by atoms with E-state index in [1.54, 1.807) is 28.6 Å². The van der Waals surface area contributed by atoms with Gasteiger partial charge in [-0.25, -0.2) is 8.42 Å². The summed E-state index contributed by atoms with van der Waals surface area (Å²) in [4.78, 5) is 4.79. The molecule has 0 aliphatic carbocycles. The van der Waals surface area contributed by atoms with Crippen molar-refractivity contribution in [1.82, 2.24) is 14.1 Å². The van der Waals surface area contributed by atoms with Crippen LogP contribution in [0.15, 0.2) is 29.2 Å². The lowest BCUT2D eigenvalue weighted by atomic mass is 10.3. The zero-order valence-corrected chi connectivity index (χ0v) is 15.1. The van der Waals surface area contributed by atoms with Crippen LogP contribution < -0.4 is 4.74 Å². The van der Waals surface area contributed by atoms with Gasteiger partial charge in [0.1, 0.15) is 5.75 Å². The van der Waals surface area contributed by atoms with Gasteiger partial charge in [0.15, 0.2) is 0 Å². The predicted octanol–water partition coefficient (Wildman–Crippen LogP) is 0.953. The summed E-state index contributed by atoms with van der Waals surface area (Å²) in [6, 6.07) is 6.67. The van der Waals surface area contributed by atoms with Gasteiger partial charge in [-0.15, -0.1) is 0 Å². The number of rotatable bonds is 7. The number of hydrogen-bond acceptors (Lipinski definition) is 5. The summed E-state index contributed by atoms with van der Waals surface area (Å²) in [5.74, 6) is 0.694. The first-order valence-corrected chi connectivity index (χ1v) is 9.47. The van der Waals surface area contributed by atoms with Gasteiger partial charge >= 0.3 is 0 Å². The number of benzene rings is 1. The highest BCUT2D eigenvalue weighted by Gasteiger charge is 2.28. The molecule has 7 heteroatoms. The third-order valence-corrected chi connectivity index (χ3v) is 5.88. The molecular formula is C16H27N3O3S. The Labute approximate surface area is 139 Å². The lowest BCUT2D eigenvalue weighted by Gasteiger charge is -2.34. The number of sulfonamides is 1. The number of nitrogens with zero attached hydrogens (tertiary/aromatic N) is 3. The number of piperazine rings is 1. The van der Waals surface area contributed by atoms with Crippen LogP contribution in [0, 0.1) is 0 Å². The predicted molar refractivity (Wildman–Crippen MR) is 91.4 cm³/mol. The first-order chi connectivity index (χ1) is 10.9. The molecule has 1 heterocycles. The Morgan fingerprint density at radius 1 is 1.09 bits per heavy atom. The molecular weight excluding hydrogens is 314 g/mol. The first-order valence-electron chi connectivity index (χ1n) is 8.03. The maximum atomic E-state index is 12.7. The number of ether oxygens (including phenoxy) is 1. The molecule has 1 fully saturated rings. The fourth-order valence-corrected chi connectivity index (χ4v) is 3.98. The Balaban J connectivity index is 1.95. The van der Waals surface area contributed by atoms with E-state index in [2.05, 4.69) is 9.80 Å². The lowest BCUT2D eigenvalue weighted by Crippen LogP contribution is -2.49. The van der Waals surface area contributed by atoms with Crippen LogP contribution in [-0.4, -0.2) is 82.5 Å². The third-order valence-electron chi connectivity index (χ3n) is 3.97. The highest BCUT2D eigenvalue weighted by molar-refractivity contribution is 7.89. The largest absolute Gasteiger partial charge is 0.494 e. The van der Waals surface area contributed by atoms with Gasteiger partial charge in [0, 0.05) is 39.3 Å². The van der Waals surface area contributed by atoms with E-state index >= 15 is 0 Å². The molecule has 0 bridgehead atoms. The van der Waals surface area contributed by atoms with Crippen LogP contribution in [0.5, 0.6) is 5.75 Å². The number of likely N-dealkylation sites (N-methyl/N-ethyl adjacent to an activating group) is 1. The summed E-state index contributed by atoms with van der Waals surface area (Å²) in [6.07, 6.45) is 0.